The normalized spacial score (nSPS) is 13.5. The van der Waals surface area contributed by atoms with Crippen molar-refractivity contribution in [3.05, 3.63) is 47.5 Å². The highest BCUT2D eigenvalue weighted by Crippen LogP contribution is 2.48. The van der Waals surface area contributed by atoms with Crippen LogP contribution in [0.2, 0.25) is 0 Å². The third kappa shape index (κ3) is 6.08. The Hall–Kier alpha value is -1.38. The zero-order valence-electron chi connectivity index (χ0n) is 15.0. The average Bonchev–Trinajstić information content (AvgIpc) is 2.56. The van der Waals surface area contributed by atoms with Gasteiger partial charge in [-0.3, -0.25) is 0 Å². The average molecular weight is 511 g/mol. The molecule has 0 aromatic heterocycles. The molecule has 0 spiro atoms. The Balaban J connectivity index is 2.49. The van der Waals surface area contributed by atoms with Gasteiger partial charge >= 0.3 is 12.4 Å². The number of alkyl halides is 6. The fraction of sp³-hybridized carbons (Fsp3) is 0.250. The first-order valence-electron chi connectivity index (χ1n) is 7.58. The Morgan fingerprint density at radius 2 is 0.933 bits per heavy atom. The third-order valence-corrected chi connectivity index (χ3v) is 8.29. The lowest BCUT2D eigenvalue weighted by molar-refractivity contribution is -0.140. The number of sulfone groups is 2. The maximum absolute atomic E-state index is 13.3. The summed E-state index contributed by atoms with van der Waals surface area (Å²) < 4.78 is 126. The van der Waals surface area contributed by atoms with Crippen LogP contribution in [-0.4, -0.2) is 29.3 Å². The molecule has 0 aliphatic heterocycles. The van der Waals surface area contributed by atoms with Crippen LogP contribution < -0.4 is 0 Å². The van der Waals surface area contributed by atoms with E-state index in [0.29, 0.717) is 33.7 Å². The van der Waals surface area contributed by atoms with E-state index in [-0.39, 0.29) is 0 Å². The second-order valence-corrected chi connectivity index (χ2v) is 12.3. The van der Waals surface area contributed by atoms with Gasteiger partial charge in [-0.1, -0.05) is 21.6 Å². The lowest BCUT2D eigenvalue weighted by Crippen LogP contribution is -2.10. The predicted molar refractivity (Wildman–Crippen MR) is 101 cm³/mol. The zero-order valence-corrected chi connectivity index (χ0v) is 18.3. The van der Waals surface area contributed by atoms with Gasteiger partial charge in [-0.2, -0.15) is 26.3 Å². The van der Waals surface area contributed by atoms with E-state index in [4.69, 9.17) is 0 Å². The third-order valence-electron chi connectivity index (χ3n) is 3.59. The molecule has 30 heavy (non-hydrogen) atoms. The Morgan fingerprint density at radius 1 is 0.633 bits per heavy atom. The smallest absolute Gasteiger partial charge is 0.224 e. The van der Waals surface area contributed by atoms with Gasteiger partial charge in [0.25, 0.3) is 0 Å². The molecule has 0 radical (unpaired) electrons. The summed E-state index contributed by atoms with van der Waals surface area (Å²) in [5.74, 6) is 0. The Kier molecular flexibility index (Phi) is 6.87. The first kappa shape index (κ1) is 24.9. The van der Waals surface area contributed by atoms with Gasteiger partial charge in [0.2, 0.25) is 0 Å². The predicted octanol–water partition coefficient (Wildman–Crippen LogP) is 5.33. The van der Waals surface area contributed by atoms with Crippen LogP contribution in [0.1, 0.15) is 11.1 Å². The molecule has 2 aromatic rings. The molecule has 4 nitrogen and oxygen atoms in total. The molecule has 2 rings (SSSR count). The minimum absolute atomic E-state index is 0.342. The maximum atomic E-state index is 13.3. The molecule has 0 unspecified atom stereocenters. The van der Waals surface area contributed by atoms with Crippen molar-refractivity contribution in [1.82, 2.24) is 0 Å². The molecule has 0 fully saturated rings. The van der Waals surface area contributed by atoms with E-state index in [1.165, 1.54) is 0 Å². The van der Waals surface area contributed by atoms with E-state index in [2.05, 4.69) is 0 Å². The fourth-order valence-corrected chi connectivity index (χ4v) is 5.82. The highest BCUT2D eigenvalue weighted by Gasteiger charge is 2.37. The summed E-state index contributed by atoms with van der Waals surface area (Å²) in [6, 6.07) is 4.38. The van der Waals surface area contributed by atoms with Crippen molar-refractivity contribution >= 4 is 41.3 Å². The van der Waals surface area contributed by atoms with Gasteiger partial charge < -0.3 is 0 Å². The zero-order chi connectivity index (χ0) is 23.1. The molecule has 0 aliphatic carbocycles. The van der Waals surface area contributed by atoms with Crippen molar-refractivity contribution in [2.24, 2.45) is 0 Å². The van der Waals surface area contributed by atoms with Crippen molar-refractivity contribution < 1.29 is 43.2 Å². The molecule has 0 bridgehead atoms. The van der Waals surface area contributed by atoms with Crippen LogP contribution in [0.5, 0.6) is 0 Å². The number of hydrogen-bond acceptors (Lipinski definition) is 6. The van der Waals surface area contributed by atoms with Crippen molar-refractivity contribution in [1.29, 1.82) is 0 Å². The molecule has 0 saturated carbocycles. The van der Waals surface area contributed by atoms with Gasteiger partial charge in [0.15, 0.2) is 19.7 Å². The summed E-state index contributed by atoms with van der Waals surface area (Å²) in [6.45, 7) is 0. The molecule has 0 atom stereocenters. The molecule has 14 heteroatoms. The molecule has 166 valence electrons. The van der Waals surface area contributed by atoms with Crippen LogP contribution in [0, 0.1) is 0 Å². The summed E-state index contributed by atoms with van der Waals surface area (Å²) in [5, 5.41) is 0. The van der Waals surface area contributed by atoms with Crippen molar-refractivity contribution in [2.45, 2.75) is 31.9 Å². The first-order valence-corrected chi connectivity index (χ1v) is 13.5. The van der Waals surface area contributed by atoms with Gasteiger partial charge in [-0.25, -0.2) is 16.8 Å². The van der Waals surface area contributed by atoms with Gasteiger partial charge in [0.1, 0.15) is 0 Å². The van der Waals surface area contributed by atoms with Crippen LogP contribution in [0.25, 0.3) is 0 Å². The summed E-state index contributed by atoms with van der Waals surface area (Å²) in [6.07, 6.45) is -8.45. The Bertz CT molecular complexity index is 1080. The SMILES string of the molecule is CS(=O)(=O)c1ccc(SSc2ccc(S(C)(=O)=O)cc2C(F)(F)F)c(C(F)(F)F)c1. The lowest BCUT2D eigenvalue weighted by atomic mass is 10.2. The largest absolute Gasteiger partial charge is 0.417 e. The van der Waals surface area contributed by atoms with Crippen LogP contribution >= 0.6 is 21.6 Å². The van der Waals surface area contributed by atoms with Gasteiger partial charge in [-0.15, -0.1) is 0 Å². The fourth-order valence-electron chi connectivity index (χ4n) is 2.16. The standard InChI is InChI=1S/C16H12F6O4S4/c1-29(23,24)9-3-5-13(11(7-9)15(17,18)19)27-28-14-6-4-10(30(2,25)26)8-12(14)16(20,21)22/h3-8H,1-2H3. The molecular formula is C16H12F6O4S4. The first-order chi connectivity index (χ1) is 13.4. The second-order valence-electron chi connectivity index (χ2n) is 6.02. The van der Waals surface area contributed by atoms with Crippen molar-refractivity contribution in [2.75, 3.05) is 12.5 Å². The quantitative estimate of drug-likeness (QED) is 0.400. The van der Waals surface area contributed by atoms with Gasteiger partial charge in [0, 0.05) is 22.3 Å². The molecule has 0 amide bonds. The molecule has 0 saturated heterocycles. The van der Waals surface area contributed by atoms with Crippen molar-refractivity contribution in [3.63, 3.8) is 0 Å². The molecule has 0 N–H and O–H groups in total. The molecule has 0 heterocycles. The molecule has 0 aliphatic rings. The monoisotopic (exact) mass is 510 g/mol. The lowest BCUT2D eigenvalue weighted by Gasteiger charge is -2.16. The minimum Gasteiger partial charge on any atom is -0.224 e. The summed E-state index contributed by atoms with van der Waals surface area (Å²) in [7, 11) is -7.19. The number of hydrogen-bond donors (Lipinski definition) is 0. The van der Waals surface area contributed by atoms with E-state index < -0.39 is 62.7 Å². The number of rotatable bonds is 5. The van der Waals surface area contributed by atoms with Gasteiger partial charge in [-0.05, 0) is 36.4 Å². The topological polar surface area (TPSA) is 68.3 Å². The van der Waals surface area contributed by atoms with Crippen LogP contribution in [0.3, 0.4) is 0 Å². The number of benzene rings is 2. The second kappa shape index (κ2) is 8.28. The van der Waals surface area contributed by atoms with E-state index in [1.54, 1.807) is 0 Å². The maximum Gasteiger partial charge on any atom is 0.417 e. The summed E-state index contributed by atoms with van der Waals surface area (Å²) in [5.41, 5.74) is -2.63. The highest BCUT2D eigenvalue weighted by atomic mass is 33.1. The van der Waals surface area contributed by atoms with Crippen LogP contribution in [0.15, 0.2) is 56.0 Å². The molecule has 2 aromatic carbocycles. The van der Waals surface area contributed by atoms with E-state index in [0.717, 1.165) is 36.8 Å². The highest BCUT2D eigenvalue weighted by molar-refractivity contribution is 8.76. The van der Waals surface area contributed by atoms with E-state index in [9.17, 15) is 43.2 Å². The Labute approximate surface area is 176 Å². The van der Waals surface area contributed by atoms with Crippen LogP contribution in [-0.2, 0) is 32.0 Å². The summed E-state index contributed by atoms with van der Waals surface area (Å²) in [4.78, 5) is -2.17. The van der Waals surface area contributed by atoms with Crippen molar-refractivity contribution in [3.8, 4) is 0 Å². The van der Waals surface area contributed by atoms with Crippen LogP contribution in [0.4, 0.5) is 26.3 Å². The molecular weight excluding hydrogens is 498 g/mol. The Morgan fingerprint density at radius 3 is 1.17 bits per heavy atom. The number of halogens is 6. The van der Waals surface area contributed by atoms with E-state index in [1.807, 2.05) is 0 Å². The van der Waals surface area contributed by atoms with Gasteiger partial charge in [0.05, 0.1) is 20.9 Å². The summed E-state index contributed by atoms with van der Waals surface area (Å²) >= 11 is 0. The van der Waals surface area contributed by atoms with E-state index >= 15 is 0 Å². The minimum atomic E-state index is -4.95.